The number of aryl methyl sites for hydroxylation is 2. The molecule has 0 spiro atoms. The molecule has 2 aromatic carbocycles. The molecule has 35 heavy (non-hydrogen) atoms. The fourth-order valence-electron chi connectivity index (χ4n) is 4.41. The summed E-state index contributed by atoms with van der Waals surface area (Å²) in [5.74, 6) is 1.42. The Morgan fingerprint density at radius 3 is 2.40 bits per heavy atom. The van der Waals surface area contributed by atoms with E-state index in [2.05, 4.69) is 32.1 Å². The Kier molecular flexibility index (Phi) is 6.43. The van der Waals surface area contributed by atoms with E-state index in [-0.39, 0.29) is 9.92 Å². The minimum absolute atomic E-state index is 0.0812. The normalized spacial score (nSPS) is 15.1. The van der Waals surface area contributed by atoms with Crippen molar-refractivity contribution in [2.24, 2.45) is 0 Å². The van der Waals surface area contributed by atoms with Gasteiger partial charge in [-0.1, -0.05) is 53.5 Å². The lowest BCUT2D eigenvalue weighted by Crippen LogP contribution is -2.49. The van der Waals surface area contributed by atoms with Crippen molar-refractivity contribution in [3.63, 3.8) is 0 Å². The first-order chi connectivity index (χ1) is 16.8. The van der Waals surface area contributed by atoms with Crippen molar-refractivity contribution in [1.29, 1.82) is 0 Å². The second kappa shape index (κ2) is 9.39. The quantitative estimate of drug-likeness (QED) is 0.385. The summed E-state index contributed by atoms with van der Waals surface area (Å²) in [6.45, 7) is 5.33. The lowest BCUT2D eigenvalue weighted by Gasteiger charge is -2.36. The van der Waals surface area contributed by atoms with Crippen LogP contribution in [0, 0.1) is 13.8 Å². The number of nitrogens with zero attached hydrogens (tertiary/aromatic N) is 6. The summed E-state index contributed by atoms with van der Waals surface area (Å²) in [6.07, 6.45) is 2.17. The zero-order valence-corrected chi connectivity index (χ0v) is 21.6. The molecule has 0 amide bonds. The topological polar surface area (TPSA) is 83.7 Å². The molecule has 0 saturated carbocycles. The number of hydrogen-bond acceptors (Lipinski definition) is 6. The minimum Gasteiger partial charge on any atom is -0.354 e. The van der Waals surface area contributed by atoms with Gasteiger partial charge in [-0.2, -0.15) is 18.9 Å². The van der Waals surface area contributed by atoms with Crippen molar-refractivity contribution >= 4 is 44.8 Å². The Bertz CT molecular complexity index is 1500. The highest BCUT2D eigenvalue weighted by atomic mass is 35.5. The molecule has 0 N–H and O–H groups in total. The Morgan fingerprint density at radius 2 is 1.69 bits per heavy atom. The first kappa shape index (κ1) is 24.0. The maximum Gasteiger partial charge on any atom is 0.254 e. The van der Waals surface area contributed by atoms with Gasteiger partial charge in [0.2, 0.25) is 10.0 Å². The van der Waals surface area contributed by atoms with E-state index in [1.807, 2.05) is 25.1 Å². The number of halogens is 2. The van der Waals surface area contributed by atoms with Gasteiger partial charge in [0.15, 0.2) is 0 Å². The number of anilines is 1. The number of fused-ring (bicyclic) bond motifs is 1. The van der Waals surface area contributed by atoms with Crippen LogP contribution in [0.4, 0.5) is 5.82 Å². The molecule has 1 aliphatic heterocycles. The van der Waals surface area contributed by atoms with E-state index < -0.39 is 10.0 Å². The molecule has 1 fully saturated rings. The summed E-state index contributed by atoms with van der Waals surface area (Å²) in [5, 5.41) is 4.99. The first-order valence-corrected chi connectivity index (χ1v) is 13.4. The van der Waals surface area contributed by atoms with Gasteiger partial charge in [0.05, 0.1) is 5.02 Å². The van der Waals surface area contributed by atoms with Crippen LogP contribution in [-0.4, -0.2) is 58.5 Å². The van der Waals surface area contributed by atoms with Crippen LogP contribution in [0.5, 0.6) is 0 Å². The Balaban J connectivity index is 1.46. The van der Waals surface area contributed by atoms with E-state index in [9.17, 15) is 8.42 Å². The van der Waals surface area contributed by atoms with Crippen LogP contribution in [0.3, 0.4) is 0 Å². The van der Waals surface area contributed by atoms with Crippen molar-refractivity contribution in [3.05, 3.63) is 81.2 Å². The molecule has 4 aromatic rings. The molecule has 2 aromatic heterocycles. The van der Waals surface area contributed by atoms with Crippen LogP contribution in [0.25, 0.3) is 5.78 Å². The van der Waals surface area contributed by atoms with Crippen LogP contribution in [0.1, 0.15) is 22.4 Å². The van der Waals surface area contributed by atoms with Gasteiger partial charge in [0.25, 0.3) is 5.78 Å². The smallest absolute Gasteiger partial charge is 0.254 e. The van der Waals surface area contributed by atoms with Crippen molar-refractivity contribution in [3.8, 4) is 0 Å². The summed E-state index contributed by atoms with van der Waals surface area (Å²) in [5.41, 5.74) is 3.75. The van der Waals surface area contributed by atoms with Gasteiger partial charge in [-0.05, 0) is 37.1 Å². The third-order valence-electron chi connectivity index (χ3n) is 6.30. The number of piperazine rings is 1. The third-order valence-corrected chi connectivity index (χ3v) is 9.07. The second-order valence-electron chi connectivity index (χ2n) is 8.56. The highest BCUT2D eigenvalue weighted by Crippen LogP contribution is 2.32. The van der Waals surface area contributed by atoms with Gasteiger partial charge in [0.1, 0.15) is 17.0 Å². The molecule has 0 aliphatic carbocycles. The van der Waals surface area contributed by atoms with Crippen LogP contribution < -0.4 is 4.90 Å². The van der Waals surface area contributed by atoms with Crippen LogP contribution in [0.2, 0.25) is 10.0 Å². The summed E-state index contributed by atoms with van der Waals surface area (Å²) in [6, 6.07) is 13.2. The number of benzene rings is 2. The predicted molar refractivity (Wildman–Crippen MR) is 137 cm³/mol. The molecule has 11 heteroatoms. The number of rotatable bonds is 5. The predicted octanol–water partition coefficient (Wildman–Crippen LogP) is 4.15. The molecule has 1 saturated heterocycles. The fourth-order valence-corrected chi connectivity index (χ4v) is 6.64. The van der Waals surface area contributed by atoms with Crippen LogP contribution in [0.15, 0.2) is 53.7 Å². The number of aromatic nitrogens is 4. The van der Waals surface area contributed by atoms with Gasteiger partial charge >= 0.3 is 0 Å². The Hall–Kier alpha value is -2.72. The summed E-state index contributed by atoms with van der Waals surface area (Å²) in [7, 11) is -3.77. The zero-order valence-electron chi connectivity index (χ0n) is 19.3. The van der Waals surface area contributed by atoms with E-state index in [0.29, 0.717) is 49.0 Å². The molecule has 5 rings (SSSR count). The van der Waals surface area contributed by atoms with Gasteiger partial charge in [0, 0.05) is 48.9 Å². The first-order valence-electron chi connectivity index (χ1n) is 11.2. The van der Waals surface area contributed by atoms with Gasteiger partial charge in [-0.25, -0.2) is 13.4 Å². The average Bonchev–Trinajstić information content (AvgIpc) is 3.30. The molecule has 3 heterocycles. The highest BCUT2D eigenvalue weighted by molar-refractivity contribution is 7.89. The lowest BCUT2D eigenvalue weighted by atomic mass is 10.0. The number of hydrogen-bond donors (Lipinski definition) is 0. The maximum absolute atomic E-state index is 13.4. The van der Waals surface area contributed by atoms with E-state index in [1.54, 1.807) is 11.4 Å². The molecular formula is C24H24Cl2N6O2S. The van der Waals surface area contributed by atoms with E-state index in [0.717, 1.165) is 22.6 Å². The molecular weight excluding hydrogens is 507 g/mol. The molecule has 0 atom stereocenters. The van der Waals surface area contributed by atoms with Crippen molar-refractivity contribution in [1.82, 2.24) is 23.9 Å². The number of sulfonamides is 1. The van der Waals surface area contributed by atoms with Gasteiger partial charge in [-0.15, -0.1) is 0 Å². The second-order valence-corrected chi connectivity index (χ2v) is 11.3. The largest absolute Gasteiger partial charge is 0.354 e. The van der Waals surface area contributed by atoms with Gasteiger partial charge < -0.3 is 4.90 Å². The summed E-state index contributed by atoms with van der Waals surface area (Å²) >= 11 is 12.4. The monoisotopic (exact) mass is 530 g/mol. The minimum atomic E-state index is -3.77. The average molecular weight is 531 g/mol. The van der Waals surface area contributed by atoms with E-state index in [1.165, 1.54) is 22.8 Å². The van der Waals surface area contributed by atoms with Crippen molar-refractivity contribution in [2.75, 3.05) is 31.1 Å². The van der Waals surface area contributed by atoms with Crippen LogP contribution >= 0.6 is 23.2 Å². The SMILES string of the molecule is Cc1cc(S(=O)(=O)N2CCN(c3c(Cc4ccccc4)c(C)nc4ncnn34)CC2)c(Cl)cc1Cl. The molecule has 182 valence electrons. The molecule has 8 nitrogen and oxygen atoms in total. The van der Waals surface area contributed by atoms with Crippen LogP contribution in [-0.2, 0) is 16.4 Å². The molecule has 0 radical (unpaired) electrons. The Labute approximate surface area is 214 Å². The molecule has 0 bridgehead atoms. The maximum atomic E-state index is 13.4. The van der Waals surface area contributed by atoms with Gasteiger partial charge in [-0.3, -0.25) is 0 Å². The highest BCUT2D eigenvalue weighted by Gasteiger charge is 2.32. The summed E-state index contributed by atoms with van der Waals surface area (Å²) in [4.78, 5) is 11.2. The molecule has 0 unspecified atom stereocenters. The Morgan fingerprint density at radius 1 is 0.971 bits per heavy atom. The zero-order chi connectivity index (χ0) is 24.7. The third kappa shape index (κ3) is 4.49. The molecule has 1 aliphatic rings. The fraction of sp³-hybridized carbons (Fsp3) is 0.292. The standard InChI is InChI=1S/C24H24Cl2N6O2S/c1-16-12-22(21(26)14-20(16)25)35(33,34)31-10-8-30(9-11-31)23-19(13-18-6-4-3-5-7-18)17(2)29-24-27-15-28-32(23)24/h3-7,12,14-15H,8-11,13H2,1-2H3. The van der Waals surface area contributed by atoms with E-state index in [4.69, 9.17) is 23.2 Å². The lowest BCUT2D eigenvalue weighted by molar-refractivity contribution is 0.382. The van der Waals surface area contributed by atoms with Crippen molar-refractivity contribution < 1.29 is 8.42 Å². The summed E-state index contributed by atoms with van der Waals surface area (Å²) < 4.78 is 30.0. The van der Waals surface area contributed by atoms with Crippen molar-refractivity contribution in [2.45, 2.75) is 25.2 Å². The van der Waals surface area contributed by atoms with E-state index >= 15 is 0 Å².